The number of nitrogens with zero attached hydrogens (tertiary/aromatic N) is 2. The smallest absolute Gasteiger partial charge is 0.243 e. The summed E-state index contributed by atoms with van der Waals surface area (Å²) in [5.41, 5.74) is 1.82. The third-order valence-corrected chi connectivity index (χ3v) is 8.06. The lowest BCUT2D eigenvalue weighted by Crippen LogP contribution is -2.42. The Hall–Kier alpha value is -3.30. The van der Waals surface area contributed by atoms with Crippen molar-refractivity contribution in [3.8, 4) is 11.5 Å². The van der Waals surface area contributed by atoms with Gasteiger partial charge in [0.2, 0.25) is 15.9 Å². The second-order valence-electron chi connectivity index (χ2n) is 8.52. The summed E-state index contributed by atoms with van der Waals surface area (Å²) < 4.78 is 44.5. The zero-order chi connectivity index (χ0) is 25.0. The molecule has 0 N–H and O–H groups in total. The van der Waals surface area contributed by atoms with Gasteiger partial charge in [-0.2, -0.15) is 4.31 Å². The summed E-state index contributed by atoms with van der Waals surface area (Å²) in [7, 11) is -0.771. The SMILES string of the molecule is COc1ccc([C@H]2CCCN2C(=O)CN(Cc2ccco2)S(=O)(=O)c2ccc(C)cc2)c(OC)c1. The third kappa shape index (κ3) is 5.36. The lowest BCUT2D eigenvalue weighted by molar-refractivity contribution is -0.132. The van der Waals surface area contributed by atoms with Crippen LogP contribution in [0.4, 0.5) is 0 Å². The highest BCUT2D eigenvalue weighted by Crippen LogP contribution is 2.39. The van der Waals surface area contributed by atoms with Crippen LogP contribution in [0.2, 0.25) is 0 Å². The van der Waals surface area contributed by atoms with Gasteiger partial charge in [-0.1, -0.05) is 17.7 Å². The quantitative estimate of drug-likeness (QED) is 0.440. The van der Waals surface area contributed by atoms with Crippen molar-refractivity contribution in [2.45, 2.75) is 37.2 Å². The highest BCUT2D eigenvalue weighted by atomic mass is 32.2. The molecule has 1 fully saturated rings. The first-order chi connectivity index (χ1) is 16.8. The van der Waals surface area contributed by atoms with Crippen LogP contribution in [0, 0.1) is 6.92 Å². The van der Waals surface area contributed by atoms with Crippen LogP contribution < -0.4 is 9.47 Å². The Labute approximate surface area is 206 Å². The summed E-state index contributed by atoms with van der Waals surface area (Å²) in [6.45, 7) is 2.09. The molecule has 1 aliphatic rings. The molecule has 1 aliphatic heterocycles. The van der Waals surface area contributed by atoms with Crippen LogP contribution >= 0.6 is 0 Å². The Kier molecular flexibility index (Phi) is 7.47. The van der Waals surface area contributed by atoms with Crippen LogP contribution in [0.1, 0.15) is 35.8 Å². The lowest BCUT2D eigenvalue weighted by atomic mass is 10.0. The van der Waals surface area contributed by atoms with Gasteiger partial charge in [0.15, 0.2) is 0 Å². The van der Waals surface area contributed by atoms with Crippen molar-refractivity contribution >= 4 is 15.9 Å². The molecule has 1 aromatic heterocycles. The number of benzene rings is 2. The van der Waals surface area contributed by atoms with Gasteiger partial charge >= 0.3 is 0 Å². The van der Waals surface area contributed by atoms with Gasteiger partial charge < -0.3 is 18.8 Å². The molecule has 4 rings (SSSR count). The summed E-state index contributed by atoms with van der Waals surface area (Å²) in [4.78, 5) is 15.4. The third-order valence-electron chi connectivity index (χ3n) is 6.26. The number of amides is 1. The standard InChI is InChI=1S/C26H30N2O6S/c1-19-8-11-22(12-9-19)35(30,31)27(17-21-6-5-15-34-21)18-26(29)28-14-4-7-24(28)23-13-10-20(32-2)16-25(23)33-3/h5-6,8-13,15-16,24H,4,7,14,17-18H2,1-3H3/t24-/m1/s1. The minimum Gasteiger partial charge on any atom is -0.497 e. The molecule has 2 heterocycles. The van der Waals surface area contributed by atoms with Crippen LogP contribution in [0.25, 0.3) is 0 Å². The van der Waals surface area contributed by atoms with E-state index in [2.05, 4.69) is 0 Å². The second-order valence-corrected chi connectivity index (χ2v) is 10.5. The maximum atomic E-state index is 13.5. The fourth-order valence-corrected chi connectivity index (χ4v) is 5.74. The molecule has 8 nitrogen and oxygen atoms in total. The van der Waals surface area contributed by atoms with Gasteiger partial charge in [0.25, 0.3) is 0 Å². The number of methoxy groups -OCH3 is 2. The maximum Gasteiger partial charge on any atom is 0.243 e. The largest absolute Gasteiger partial charge is 0.497 e. The highest BCUT2D eigenvalue weighted by molar-refractivity contribution is 7.89. The molecule has 9 heteroatoms. The van der Waals surface area contributed by atoms with E-state index in [-0.39, 0.29) is 29.9 Å². The normalized spacial score (nSPS) is 16.0. The van der Waals surface area contributed by atoms with E-state index >= 15 is 0 Å². The summed E-state index contributed by atoms with van der Waals surface area (Å²) >= 11 is 0. The minimum atomic E-state index is -3.94. The van der Waals surface area contributed by atoms with E-state index < -0.39 is 10.0 Å². The van der Waals surface area contributed by atoms with E-state index in [1.54, 1.807) is 61.6 Å². The van der Waals surface area contributed by atoms with Gasteiger partial charge in [-0.15, -0.1) is 0 Å². The Bertz CT molecular complexity index is 1260. The van der Waals surface area contributed by atoms with E-state index in [4.69, 9.17) is 13.9 Å². The van der Waals surface area contributed by atoms with Gasteiger partial charge in [-0.3, -0.25) is 4.79 Å². The molecule has 0 bridgehead atoms. The minimum absolute atomic E-state index is 0.0423. The van der Waals surface area contributed by atoms with Gasteiger partial charge in [-0.25, -0.2) is 8.42 Å². The van der Waals surface area contributed by atoms with E-state index in [1.165, 1.54) is 10.6 Å². The van der Waals surface area contributed by atoms with Crippen molar-refractivity contribution in [1.82, 2.24) is 9.21 Å². The molecule has 1 saturated heterocycles. The number of hydrogen-bond acceptors (Lipinski definition) is 6. The Morgan fingerprint density at radius 2 is 1.89 bits per heavy atom. The topological polar surface area (TPSA) is 89.3 Å². The number of hydrogen-bond donors (Lipinski definition) is 0. The monoisotopic (exact) mass is 498 g/mol. The molecule has 3 aromatic rings. The van der Waals surface area contributed by atoms with Gasteiger partial charge in [0.05, 0.1) is 44.5 Å². The predicted octanol–water partition coefficient (Wildman–Crippen LogP) is 4.16. The molecular weight excluding hydrogens is 468 g/mol. The zero-order valence-electron chi connectivity index (χ0n) is 20.1. The van der Waals surface area contributed by atoms with E-state index in [0.717, 1.165) is 24.0 Å². The summed E-state index contributed by atoms with van der Waals surface area (Å²) in [6, 6.07) is 15.3. The molecule has 186 valence electrons. The van der Waals surface area contributed by atoms with Crippen molar-refractivity contribution in [2.24, 2.45) is 0 Å². The first kappa shape index (κ1) is 24.8. The average Bonchev–Trinajstić information content (AvgIpc) is 3.56. The number of ether oxygens (including phenoxy) is 2. The molecule has 35 heavy (non-hydrogen) atoms. The molecule has 2 aromatic carbocycles. The lowest BCUT2D eigenvalue weighted by Gasteiger charge is -2.29. The first-order valence-corrected chi connectivity index (χ1v) is 12.9. The van der Waals surface area contributed by atoms with Gasteiger partial charge in [0.1, 0.15) is 17.3 Å². The highest BCUT2D eigenvalue weighted by Gasteiger charge is 2.35. The van der Waals surface area contributed by atoms with Crippen LogP contribution in [0.5, 0.6) is 11.5 Å². The first-order valence-electron chi connectivity index (χ1n) is 11.4. The van der Waals surface area contributed by atoms with E-state index in [1.807, 2.05) is 19.1 Å². The van der Waals surface area contributed by atoms with Gasteiger partial charge in [0, 0.05) is 18.2 Å². The number of sulfonamides is 1. The van der Waals surface area contributed by atoms with Crippen LogP contribution in [-0.4, -0.2) is 50.8 Å². The summed E-state index contributed by atoms with van der Waals surface area (Å²) in [6.07, 6.45) is 3.06. The van der Waals surface area contributed by atoms with Crippen molar-refractivity contribution in [3.05, 3.63) is 77.7 Å². The summed E-state index contributed by atoms with van der Waals surface area (Å²) in [5.74, 6) is 1.49. The molecule has 1 atom stereocenters. The van der Waals surface area contributed by atoms with Crippen molar-refractivity contribution in [1.29, 1.82) is 0 Å². The Morgan fingerprint density at radius 3 is 2.54 bits per heavy atom. The van der Waals surface area contributed by atoms with Crippen molar-refractivity contribution < 1.29 is 27.1 Å². The number of carbonyl (C=O) groups is 1. The maximum absolute atomic E-state index is 13.5. The molecule has 0 unspecified atom stereocenters. The second kappa shape index (κ2) is 10.5. The molecule has 0 radical (unpaired) electrons. The predicted molar refractivity (Wildman–Crippen MR) is 131 cm³/mol. The van der Waals surface area contributed by atoms with Crippen molar-refractivity contribution in [3.63, 3.8) is 0 Å². The summed E-state index contributed by atoms with van der Waals surface area (Å²) in [5, 5.41) is 0. The zero-order valence-corrected chi connectivity index (χ0v) is 21.0. The Balaban J connectivity index is 1.61. The molecule has 0 aliphatic carbocycles. The van der Waals surface area contributed by atoms with Gasteiger partial charge in [-0.05, 0) is 56.2 Å². The number of furan rings is 1. The molecule has 0 saturated carbocycles. The van der Waals surface area contributed by atoms with E-state index in [9.17, 15) is 13.2 Å². The van der Waals surface area contributed by atoms with Crippen LogP contribution in [0.3, 0.4) is 0 Å². The average molecular weight is 499 g/mol. The fraction of sp³-hybridized carbons (Fsp3) is 0.346. The molecule has 1 amide bonds. The van der Waals surface area contributed by atoms with Crippen LogP contribution in [-0.2, 0) is 21.4 Å². The van der Waals surface area contributed by atoms with E-state index in [0.29, 0.717) is 23.8 Å². The fourth-order valence-electron chi connectivity index (χ4n) is 4.39. The molecule has 0 spiro atoms. The Morgan fingerprint density at radius 1 is 1.11 bits per heavy atom. The number of rotatable bonds is 9. The van der Waals surface area contributed by atoms with Crippen LogP contribution in [0.15, 0.2) is 70.2 Å². The molecular formula is C26H30N2O6S. The number of likely N-dealkylation sites (tertiary alicyclic amines) is 1. The number of aryl methyl sites for hydroxylation is 1. The van der Waals surface area contributed by atoms with Crippen molar-refractivity contribution in [2.75, 3.05) is 27.3 Å². The number of carbonyl (C=O) groups excluding carboxylic acids is 1.